The highest BCUT2D eigenvalue weighted by Crippen LogP contribution is 2.36. The Kier molecular flexibility index (Phi) is 4.08. The Labute approximate surface area is 151 Å². The summed E-state index contributed by atoms with van der Waals surface area (Å²) in [6, 6.07) is 15.9. The molecule has 6 heteroatoms. The lowest BCUT2D eigenvalue weighted by Crippen LogP contribution is -2.26. The van der Waals surface area contributed by atoms with Crippen LogP contribution in [0.2, 0.25) is 0 Å². The zero-order chi connectivity index (χ0) is 18.1. The van der Waals surface area contributed by atoms with Gasteiger partial charge in [0.2, 0.25) is 0 Å². The number of hydrogen-bond acceptors (Lipinski definition) is 6. The third kappa shape index (κ3) is 3.01. The van der Waals surface area contributed by atoms with Crippen molar-refractivity contribution in [2.45, 2.75) is 26.3 Å². The van der Waals surface area contributed by atoms with Crippen molar-refractivity contribution in [3.8, 4) is 0 Å². The van der Waals surface area contributed by atoms with E-state index in [1.54, 1.807) is 25.3 Å². The van der Waals surface area contributed by atoms with Crippen LogP contribution >= 0.6 is 0 Å². The Bertz CT molecular complexity index is 954. The number of nitrogens with one attached hydrogen (secondary N) is 1. The largest absolute Gasteiger partial charge is 0.339 e. The van der Waals surface area contributed by atoms with E-state index < -0.39 is 0 Å². The summed E-state index contributed by atoms with van der Waals surface area (Å²) < 4.78 is 0. The highest BCUT2D eigenvalue weighted by molar-refractivity contribution is 5.94. The molecule has 1 aromatic heterocycles. The molecule has 130 valence electrons. The number of para-hydroxylation sites is 1. The number of Topliss-reactive ketones (excluding diaryl/α,β-unsaturated/α-hetero) is 1. The third-order valence-electron chi connectivity index (χ3n) is 4.53. The van der Waals surface area contributed by atoms with Crippen molar-refractivity contribution in [1.82, 2.24) is 15.2 Å². The van der Waals surface area contributed by atoms with Gasteiger partial charge in [0.15, 0.2) is 11.6 Å². The number of ketones is 1. The molecule has 3 aromatic rings. The van der Waals surface area contributed by atoms with Crippen LogP contribution in [0.1, 0.15) is 29.8 Å². The molecule has 26 heavy (non-hydrogen) atoms. The maximum atomic E-state index is 11.4. The van der Waals surface area contributed by atoms with E-state index in [0.717, 1.165) is 17.8 Å². The smallest absolute Gasteiger partial charge is 0.252 e. The number of rotatable bonds is 4. The molecule has 1 aliphatic heterocycles. The molecule has 0 aliphatic carbocycles. The number of carbonyl (C=O) groups excluding carboxylic acids is 1. The molecule has 1 aliphatic rings. The van der Waals surface area contributed by atoms with E-state index >= 15 is 0 Å². The minimum absolute atomic E-state index is 0.0456. The molecule has 1 unspecified atom stereocenters. The Balaban J connectivity index is 1.60. The van der Waals surface area contributed by atoms with Crippen LogP contribution in [0, 0.1) is 0 Å². The van der Waals surface area contributed by atoms with Crippen LogP contribution in [0.25, 0.3) is 0 Å². The number of hydrogen-bond donors (Lipinski definition) is 1. The maximum absolute atomic E-state index is 11.4. The number of anilines is 4. The Morgan fingerprint density at radius 2 is 1.92 bits per heavy atom. The molecule has 1 atom stereocenters. The number of carbonyl (C=O) groups is 1. The summed E-state index contributed by atoms with van der Waals surface area (Å²) >= 11 is 0. The molecule has 0 bridgehead atoms. The highest BCUT2D eigenvalue weighted by atomic mass is 16.1. The van der Waals surface area contributed by atoms with E-state index in [9.17, 15) is 4.79 Å². The van der Waals surface area contributed by atoms with Gasteiger partial charge in [-0.25, -0.2) is 0 Å². The van der Waals surface area contributed by atoms with Gasteiger partial charge in [-0.05, 0) is 56.2 Å². The predicted molar refractivity (Wildman–Crippen MR) is 101 cm³/mol. The monoisotopic (exact) mass is 345 g/mol. The standard InChI is InChI=1S/C20H19N5O/c1-13-11-16-5-3-4-6-18(16)25(13)20-23-19(12-21-24-20)22-17-9-7-15(8-10-17)14(2)26/h3-10,12-13H,11H2,1-2H3,(H,22,23,24). The second-order valence-corrected chi connectivity index (χ2v) is 6.45. The van der Waals surface area contributed by atoms with Crippen molar-refractivity contribution in [2.24, 2.45) is 0 Å². The molecule has 1 N–H and O–H groups in total. The van der Waals surface area contributed by atoms with Gasteiger partial charge in [-0.15, -0.1) is 5.10 Å². The SMILES string of the molecule is CC(=O)c1ccc(Nc2cnnc(N3c4ccccc4CC3C)n2)cc1. The lowest BCUT2D eigenvalue weighted by molar-refractivity contribution is 0.101. The molecule has 0 radical (unpaired) electrons. The molecule has 0 fully saturated rings. The molecule has 0 amide bonds. The quantitative estimate of drug-likeness (QED) is 0.723. The van der Waals surface area contributed by atoms with E-state index in [1.807, 2.05) is 18.2 Å². The van der Waals surface area contributed by atoms with Crippen molar-refractivity contribution in [3.63, 3.8) is 0 Å². The van der Waals surface area contributed by atoms with Crippen molar-refractivity contribution in [2.75, 3.05) is 10.2 Å². The van der Waals surface area contributed by atoms with Gasteiger partial charge in [0.25, 0.3) is 5.95 Å². The van der Waals surface area contributed by atoms with Crippen LogP contribution in [0.3, 0.4) is 0 Å². The zero-order valence-electron chi connectivity index (χ0n) is 14.7. The first-order valence-corrected chi connectivity index (χ1v) is 8.57. The molecular formula is C20H19N5O. The van der Waals surface area contributed by atoms with E-state index in [1.165, 1.54) is 5.56 Å². The van der Waals surface area contributed by atoms with Gasteiger partial charge in [-0.2, -0.15) is 10.1 Å². The lowest BCUT2D eigenvalue weighted by Gasteiger charge is -2.22. The highest BCUT2D eigenvalue weighted by Gasteiger charge is 2.29. The lowest BCUT2D eigenvalue weighted by atomic mass is 10.1. The van der Waals surface area contributed by atoms with Crippen molar-refractivity contribution in [1.29, 1.82) is 0 Å². The summed E-state index contributed by atoms with van der Waals surface area (Å²) in [4.78, 5) is 18.1. The molecule has 4 rings (SSSR count). The predicted octanol–water partition coefficient (Wildman–Crippen LogP) is 3.90. The summed E-state index contributed by atoms with van der Waals surface area (Å²) in [5, 5.41) is 11.6. The fourth-order valence-electron chi connectivity index (χ4n) is 3.26. The van der Waals surface area contributed by atoms with E-state index in [0.29, 0.717) is 17.3 Å². The van der Waals surface area contributed by atoms with E-state index in [4.69, 9.17) is 0 Å². The first-order valence-electron chi connectivity index (χ1n) is 8.57. The number of benzene rings is 2. The summed E-state index contributed by atoms with van der Waals surface area (Å²) in [6.45, 7) is 3.71. The summed E-state index contributed by atoms with van der Waals surface area (Å²) in [5.41, 5.74) is 3.95. The topological polar surface area (TPSA) is 71.0 Å². The van der Waals surface area contributed by atoms with Crippen LogP contribution in [-0.2, 0) is 6.42 Å². The van der Waals surface area contributed by atoms with Crippen molar-refractivity contribution < 1.29 is 4.79 Å². The van der Waals surface area contributed by atoms with Crippen molar-refractivity contribution >= 4 is 28.9 Å². The average molecular weight is 345 g/mol. The summed E-state index contributed by atoms with van der Waals surface area (Å²) in [5.74, 6) is 1.24. The molecule has 0 spiro atoms. The average Bonchev–Trinajstić information content (AvgIpc) is 2.98. The van der Waals surface area contributed by atoms with Gasteiger partial charge in [0.1, 0.15) is 0 Å². The second kappa shape index (κ2) is 6.55. The third-order valence-corrected chi connectivity index (χ3v) is 4.53. The molecule has 2 heterocycles. The molecule has 0 saturated heterocycles. The first-order chi connectivity index (χ1) is 12.6. The van der Waals surface area contributed by atoms with E-state index in [-0.39, 0.29) is 11.8 Å². The van der Waals surface area contributed by atoms with Gasteiger partial charge in [-0.3, -0.25) is 4.79 Å². The van der Waals surface area contributed by atoms with Crippen LogP contribution < -0.4 is 10.2 Å². The molecule has 2 aromatic carbocycles. The molecule has 0 saturated carbocycles. The van der Waals surface area contributed by atoms with E-state index in [2.05, 4.69) is 50.5 Å². The number of nitrogens with zero attached hydrogens (tertiary/aromatic N) is 4. The van der Waals surface area contributed by atoms with Gasteiger partial charge >= 0.3 is 0 Å². The Morgan fingerprint density at radius 3 is 2.69 bits per heavy atom. The Hall–Kier alpha value is -3.28. The van der Waals surface area contributed by atoms with Crippen LogP contribution in [-0.4, -0.2) is 27.0 Å². The maximum Gasteiger partial charge on any atom is 0.252 e. The first kappa shape index (κ1) is 16.2. The van der Waals surface area contributed by atoms with Crippen LogP contribution in [0.4, 0.5) is 23.1 Å². The second-order valence-electron chi connectivity index (χ2n) is 6.45. The number of fused-ring (bicyclic) bond motifs is 1. The number of aromatic nitrogens is 3. The normalized spacial score (nSPS) is 15.6. The van der Waals surface area contributed by atoms with Gasteiger partial charge < -0.3 is 10.2 Å². The minimum Gasteiger partial charge on any atom is -0.339 e. The fourth-order valence-corrected chi connectivity index (χ4v) is 3.26. The molecular weight excluding hydrogens is 326 g/mol. The minimum atomic E-state index is 0.0456. The van der Waals surface area contributed by atoms with Gasteiger partial charge in [-0.1, -0.05) is 18.2 Å². The van der Waals surface area contributed by atoms with Crippen molar-refractivity contribution in [3.05, 3.63) is 65.9 Å². The zero-order valence-corrected chi connectivity index (χ0v) is 14.7. The van der Waals surface area contributed by atoms with Gasteiger partial charge in [0.05, 0.1) is 6.20 Å². The molecule has 6 nitrogen and oxygen atoms in total. The summed E-state index contributed by atoms with van der Waals surface area (Å²) in [6.07, 6.45) is 2.55. The van der Waals surface area contributed by atoms with Crippen LogP contribution in [0.15, 0.2) is 54.7 Å². The fraction of sp³-hybridized carbons (Fsp3) is 0.200. The van der Waals surface area contributed by atoms with Crippen LogP contribution in [0.5, 0.6) is 0 Å². The Morgan fingerprint density at radius 1 is 1.15 bits per heavy atom. The summed E-state index contributed by atoms with van der Waals surface area (Å²) in [7, 11) is 0. The van der Waals surface area contributed by atoms with Gasteiger partial charge in [0, 0.05) is 23.0 Å².